The van der Waals surface area contributed by atoms with Crippen LogP contribution in [-0.4, -0.2) is 62.1 Å². The molecule has 2 aliphatic rings. The van der Waals surface area contributed by atoms with Crippen molar-refractivity contribution in [2.75, 3.05) is 11.5 Å². The smallest absolute Gasteiger partial charge is 0.329 e. The van der Waals surface area contributed by atoms with E-state index in [-0.39, 0.29) is 35.8 Å². The number of amides is 2. The molecule has 0 saturated carbocycles. The summed E-state index contributed by atoms with van der Waals surface area (Å²) in [6, 6.07) is -0.896. The van der Waals surface area contributed by atoms with E-state index in [1.165, 1.54) is 54.1 Å². The van der Waals surface area contributed by atoms with Crippen molar-refractivity contribution in [2.45, 2.75) is 103 Å². The third-order valence-electron chi connectivity index (χ3n) is 6.78. The second-order valence-corrected chi connectivity index (χ2v) is 13.9. The number of carbonyl (C=O) groups is 4. The number of rotatable bonds is 11. The molecule has 0 aliphatic carbocycles. The summed E-state index contributed by atoms with van der Waals surface area (Å²) in [7, 11) is 0. The Bertz CT molecular complexity index is 1140. The van der Waals surface area contributed by atoms with Crippen LogP contribution in [0.15, 0.2) is 22.5 Å². The van der Waals surface area contributed by atoms with Gasteiger partial charge in [0.25, 0.3) is 0 Å². The molecule has 0 saturated heterocycles. The number of nitrogens with zero attached hydrogens (tertiary/aromatic N) is 2. The van der Waals surface area contributed by atoms with Crippen LogP contribution in [0.1, 0.15) is 89.8 Å². The molecule has 0 radical (unpaired) electrons. The summed E-state index contributed by atoms with van der Waals surface area (Å²) in [6.45, 7) is 7.83. The van der Waals surface area contributed by atoms with Gasteiger partial charge in [-0.2, -0.15) is 0 Å². The summed E-state index contributed by atoms with van der Waals surface area (Å²) in [5.41, 5.74) is -0.354. The van der Waals surface area contributed by atoms with Crippen LogP contribution in [0, 0.1) is 5.92 Å². The van der Waals surface area contributed by atoms with Crippen molar-refractivity contribution < 1.29 is 23.9 Å². The molecule has 2 aliphatic heterocycles. The van der Waals surface area contributed by atoms with Gasteiger partial charge in [0.1, 0.15) is 33.4 Å². The first-order valence-corrected chi connectivity index (χ1v) is 17.2. The Morgan fingerprint density at radius 2 is 2.02 bits per heavy atom. The predicted molar refractivity (Wildman–Crippen MR) is 167 cm³/mol. The Morgan fingerprint density at radius 3 is 2.78 bits per heavy atom. The van der Waals surface area contributed by atoms with Crippen molar-refractivity contribution in [3.63, 3.8) is 0 Å². The second kappa shape index (κ2) is 16.5. The lowest BCUT2D eigenvalue weighted by molar-refractivity contribution is -0.153. The molecule has 0 spiro atoms. The molecule has 41 heavy (non-hydrogen) atoms. The SMILES string of the molecule is CCCCCCCC(=O)SCC/C=C\[C@@H]1CC(=O)NCc2nc(cs2)C2=N[C@@](C)(CS2)C(=O)N[C@@H](C(C)C)C(=O)O1. The number of cyclic esters (lactones) is 1. The lowest BCUT2D eigenvalue weighted by atomic mass is 10.0. The lowest BCUT2D eigenvalue weighted by Gasteiger charge is -2.27. The van der Waals surface area contributed by atoms with Gasteiger partial charge in [0.15, 0.2) is 5.12 Å². The summed E-state index contributed by atoms with van der Waals surface area (Å²) >= 11 is 4.18. The van der Waals surface area contributed by atoms with Crippen LogP contribution in [-0.2, 0) is 30.5 Å². The van der Waals surface area contributed by atoms with Gasteiger partial charge in [-0.05, 0) is 31.8 Å². The number of unbranched alkanes of at least 4 members (excludes halogenated alkanes) is 4. The Kier molecular flexibility index (Phi) is 13.4. The van der Waals surface area contributed by atoms with Gasteiger partial charge in [-0.15, -0.1) is 23.1 Å². The maximum Gasteiger partial charge on any atom is 0.329 e. The molecule has 0 fully saturated rings. The normalized spacial score (nSPS) is 23.8. The number of ether oxygens (including phenoxy) is 1. The predicted octanol–water partition coefficient (Wildman–Crippen LogP) is 5.03. The summed E-state index contributed by atoms with van der Waals surface area (Å²) in [6.07, 6.45) is 9.42. The van der Waals surface area contributed by atoms with E-state index in [1.54, 1.807) is 13.0 Å². The fourth-order valence-electron chi connectivity index (χ4n) is 4.26. The highest BCUT2D eigenvalue weighted by molar-refractivity contribution is 8.14. The highest BCUT2D eigenvalue weighted by Gasteiger charge is 2.41. The summed E-state index contributed by atoms with van der Waals surface area (Å²) in [5.74, 6) is -0.424. The van der Waals surface area contributed by atoms with Crippen molar-refractivity contribution in [1.29, 1.82) is 0 Å². The van der Waals surface area contributed by atoms with Gasteiger partial charge < -0.3 is 15.4 Å². The average molecular weight is 623 g/mol. The number of thiazole rings is 1. The van der Waals surface area contributed by atoms with Gasteiger partial charge in [-0.25, -0.2) is 9.78 Å². The van der Waals surface area contributed by atoms with Gasteiger partial charge in [0, 0.05) is 23.3 Å². The van der Waals surface area contributed by atoms with Crippen LogP contribution in [0.25, 0.3) is 0 Å². The molecule has 226 valence electrons. The van der Waals surface area contributed by atoms with Gasteiger partial charge in [0.2, 0.25) is 11.8 Å². The molecular formula is C29H42N4O5S3. The highest BCUT2D eigenvalue weighted by Crippen LogP contribution is 2.32. The third-order valence-corrected chi connectivity index (χ3v) is 9.87. The minimum absolute atomic E-state index is 0.0661. The maximum absolute atomic E-state index is 13.3. The zero-order valence-electron chi connectivity index (χ0n) is 24.4. The van der Waals surface area contributed by atoms with E-state index in [2.05, 4.69) is 27.5 Å². The number of allylic oxidation sites excluding steroid dienone is 1. The summed E-state index contributed by atoms with van der Waals surface area (Å²) in [5, 5.41) is 9.17. The number of fused-ring (bicyclic) bond motifs is 4. The third kappa shape index (κ3) is 10.6. The van der Waals surface area contributed by atoms with Crippen LogP contribution < -0.4 is 10.6 Å². The Hall–Kier alpha value is -2.18. The van der Waals surface area contributed by atoms with E-state index in [4.69, 9.17) is 4.74 Å². The molecule has 0 unspecified atom stereocenters. The van der Waals surface area contributed by atoms with E-state index in [1.807, 2.05) is 25.3 Å². The van der Waals surface area contributed by atoms with Crippen LogP contribution >= 0.6 is 34.9 Å². The zero-order valence-corrected chi connectivity index (χ0v) is 26.9. The molecule has 1 aromatic rings. The van der Waals surface area contributed by atoms with Crippen molar-refractivity contribution in [3.05, 3.63) is 28.2 Å². The zero-order chi connectivity index (χ0) is 29.8. The monoisotopic (exact) mass is 622 g/mol. The molecule has 2 amide bonds. The number of nitrogens with one attached hydrogen (secondary N) is 2. The van der Waals surface area contributed by atoms with Gasteiger partial charge in [0.05, 0.1) is 13.0 Å². The molecular weight excluding hydrogens is 581 g/mol. The minimum Gasteiger partial charge on any atom is -0.456 e. The fraction of sp³-hybridized carbons (Fsp3) is 0.655. The Labute approximate surface area is 255 Å². The number of carbonyl (C=O) groups excluding carboxylic acids is 4. The standard InChI is InChI=1S/C29H42N4O5S3/c1-5-6-7-8-9-13-24(35)39-14-11-10-12-20-15-22(34)30-16-23-31-21(17-40-23)26-33-29(4,18-41-26)28(37)32-25(19(2)3)27(36)38-20/h10,12,17,19-20,25H,5-9,11,13-16,18H2,1-4H3,(H,30,34)(H,32,37)/b12-10-/t20-,25+,29+/m1/s1. The van der Waals surface area contributed by atoms with Crippen molar-refractivity contribution >= 4 is 62.8 Å². The molecule has 9 nitrogen and oxygen atoms in total. The van der Waals surface area contributed by atoms with Crippen LogP contribution in [0.4, 0.5) is 0 Å². The number of hydrogen-bond donors (Lipinski definition) is 2. The van der Waals surface area contributed by atoms with Crippen LogP contribution in [0.3, 0.4) is 0 Å². The Morgan fingerprint density at radius 1 is 1.24 bits per heavy atom. The quantitative estimate of drug-likeness (QED) is 0.200. The number of thioether (sulfide) groups is 2. The molecule has 0 aromatic carbocycles. The van der Waals surface area contributed by atoms with Crippen LogP contribution in [0.5, 0.6) is 0 Å². The number of aliphatic imine (C=N–C) groups is 1. The molecule has 3 atom stereocenters. The second-order valence-electron chi connectivity index (χ2n) is 10.9. The largest absolute Gasteiger partial charge is 0.456 e. The Balaban J connectivity index is 1.66. The lowest BCUT2D eigenvalue weighted by Crippen LogP contribution is -2.53. The van der Waals surface area contributed by atoms with E-state index >= 15 is 0 Å². The maximum atomic E-state index is 13.3. The van der Waals surface area contributed by atoms with E-state index in [0.29, 0.717) is 35.1 Å². The summed E-state index contributed by atoms with van der Waals surface area (Å²) in [4.78, 5) is 60.7. The number of hydrogen-bond acceptors (Lipinski definition) is 10. The molecule has 4 bridgehead atoms. The van der Waals surface area contributed by atoms with Gasteiger partial charge in [-0.3, -0.25) is 19.4 Å². The van der Waals surface area contributed by atoms with E-state index < -0.39 is 23.7 Å². The van der Waals surface area contributed by atoms with Gasteiger partial charge >= 0.3 is 5.97 Å². The van der Waals surface area contributed by atoms with Crippen molar-refractivity contribution in [2.24, 2.45) is 10.9 Å². The number of esters is 1. The molecule has 1 aromatic heterocycles. The average Bonchev–Trinajstić information content (AvgIpc) is 3.56. The van der Waals surface area contributed by atoms with Crippen LogP contribution in [0.2, 0.25) is 0 Å². The molecule has 3 rings (SSSR count). The fourth-order valence-corrected chi connectivity index (χ4v) is 6.96. The topological polar surface area (TPSA) is 127 Å². The highest BCUT2D eigenvalue weighted by atomic mass is 32.2. The van der Waals surface area contributed by atoms with Gasteiger partial charge in [-0.1, -0.05) is 64.3 Å². The van der Waals surface area contributed by atoms with Crippen molar-refractivity contribution in [3.8, 4) is 0 Å². The summed E-state index contributed by atoms with van der Waals surface area (Å²) < 4.78 is 5.77. The molecule has 12 heteroatoms. The van der Waals surface area contributed by atoms with Crippen molar-refractivity contribution in [1.82, 2.24) is 15.6 Å². The first-order valence-electron chi connectivity index (χ1n) is 14.4. The molecule has 2 N–H and O–H groups in total. The number of aromatic nitrogens is 1. The molecule has 3 heterocycles. The van der Waals surface area contributed by atoms with E-state index in [0.717, 1.165) is 17.8 Å². The first-order chi connectivity index (χ1) is 19.6. The minimum atomic E-state index is -1.04. The van der Waals surface area contributed by atoms with E-state index in [9.17, 15) is 19.2 Å². The first kappa shape index (κ1) is 33.3.